The van der Waals surface area contributed by atoms with E-state index in [2.05, 4.69) is 15.4 Å². The standard InChI is InChI=1S/C21H18FN5O2/c1-12-4-7-14(9-15(12)22)24-19(28)11-26-17-3-2-8-23-20(17)27-18(21(26)29)10-16(25-27)13-5-6-13/h2-4,7-10,13H,5-6,11H2,1H3,(H,24,28). The molecule has 3 aromatic heterocycles. The second-order valence-corrected chi connectivity index (χ2v) is 7.39. The van der Waals surface area contributed by atoms with Gasteiger partial charge >= 0.3 is 0 Å². The summed E-state index contributed by atoms with van der Waals surface area (Å²) in [5.41, 5.74) is 2.83. The van der Waals surface area contributed by atoms with Crippen molar-refractivity contribution < 1.29 is 9.18 Å². The molecule has 0 spiro atoms. The molecular formula is C21H18FN5O2. The lowest BCUT2D eigenvalue weighted by atomic mass is 10.2. The molecule has 3 heterocycles. The second kappa shape index (κ2) is 6.51. The molecule has 0 aliphatic heterocycles. The van der Waals surface area contributed by atoms with Crippen LogP contribution in [0.5, 0.6) is 0 Å². The number of benzene rings is 1. The van der Waals surface area contributed by atoms with Crippen LogP contribution in [0.3, 0.4) is 0 Å². The van der Waals surface area contributed by atoms with Crippen LogP contribution in [0.1, 0.15) is 30.0 Å². The number of fused-ring (bicyclic) bond motifs is 3. The number of carbonyl (C=O) groups is 1. The van der Waals surface area contributed by atoms with E-state index in [-0.39, 0.29) is 12.1 Å². The molecule has 1 aliphatic carbocycles. The Morgan fingerprint density at radius 3 is 2.83 bits per heavy atom. The lowest BCUT2D eigenvalue weighted by Gasteiger charge is -2.11. The van der Waals surface area contributed by atoms with Crippen molar-refractivity contribution in [3.8, 4) is 0 Å². The normalized spacial score (nSPS) is 13.9. The summed E-state index contributed by atoms with van der Waals surface area (Å²) in [4.78, 5) is 30.1. The summed E-state index contributed by atoms with van der Waals surface area (Å²) >= 11 is 0. The van der Waals surface area contributed by atoms with Crippen LogP contribution < -0.4 is 10.9 Å². The number of amides is 1. The van der Waals surface area contributed by atoms with E-state index in [0.717, 1.165) is 18.5 Å². The molecule has 29 heavy (non-hydrogen) atoms. The van der Waals surface area contributed by atoms with E-state index in [1.54, 1.807) is 48.0 Å². The van der Waals surface area contributed by atoms with Gasteiger partial charge in [-0.2, -0.15) is 5.10 Å². The minimum absolute atomic E-state index is 0.211. The summed E-state index contributed by atoms with van der Waals surface area (Å²) in [6, 6.07) is 9.72. The Morgan fingerprint density at radius 2 is 2.07 bits per heavy atom. The molecule has 0 unspecified atom stereocenters. The second-order valence-electron chi connectivity index (χ2n) is 7.39. The Kier molecular flexibility index (Phi) is 3.94. The topological polar surface area (TPSA) is 81.3 Å². The van der Waals surface area contributed by atoms with Gasteiger partial charge in [-0.15, -0.1) is 0 Å². The number of halogens is 1. The smallest absolute Gasteiger partial charge is 0.277 e. The zero-order valence-corrected chi connectivity index (χ0v) is 15.7. The van der Waals surface area contributed by atoms with Crippen LogP contribution in [0.15, 0.2) is 47.4 Å². The molecule has 1 N–H and O–H groups in total. The van der Waals surface area contributed by atoms with Gasteiger partial charge in [-0.1, -0.05) is 6.07 Å². The van der Waals surface area contributed by atoms with Gasteiger partial charge < -0.3 is 5.32 Å². The number of aromatic nitrogens is 4. The Bertz CT molecular complexity index is 1340. The van der Waals surface area contributed by atoms with Crippen LogP contribution in [0.4, 0.5) is 10.1 Å². The lowest BCUT2D eigenvalue weighted by molar-refractivity contribution is -0.116. The van der Waals surface area contributed by atoms with Crippen LogP contribution >= 0.6 is 0 Å². The van der Waals surface area contributed by atoms with E-state index in [1.165, 1.54) is 10.6 Å². The SMILES string of the molecule is Cc1ccc(NC(=O)Cn2c(=O)c3cc(C4CC4)nn3c3ncccc32)cc1F. The van der Waals surface area contributed by atoms with Gasteiger partial charge in [0.05, 0.1) is 11.2 Å². The molecule has 146 valence electrons. The molecule has 0 bridgehead atoms. The number of hydrogen-bond donors (Lipinski definition) is 1. The zero-order valence-electron chi connectivity index (χ0n) is 15.7. The Hall–Kier alpha value is -3.55. The molecular weight excluding hydrogens is 373 g/mol. The van der Waals surface area contributed by atoms with E-state index in [4.69, 9.17) is 0 Å². The van der Waals surface area contributed by atoms with Crippen LogP contribution in [0, 0.1) is 12.7 Å². The molecule has 7 nitrogen and oxygen atoms in total. The fourth-order valence-electron chi connectivity index (χ4n) is 3.47. The van der Waals surface area contributed by atoms with E-state index in [9.17, 15) is 14.0 Å². The fourth-order valence-corrected chi connectivity index (χ4v) is 3.47. The van der Waals surface area contributed by atoms with Crippen LogP contribution in [0.2, 0.25) is 0 Å². The van der Waals surface area contributed by atoms with Crippen molar-refractivity contribution in [2.24, 2.45) is 0 Å². The zero-order chi connectivity index (χ0) is 20.1. The largest absolute Gasteiger partial charge is 0.324 e. The third kappa shape index (κ3) is 3.06. The molecule has 1 fully saturated rings. The summed E-state index contributed by atoms with van der Waals surface area (Å²) in [5.74, 6) is -0.434. The number of hydrogen-bond acceptors (Lipinski definition) is 4. The molecule has 4 aromatic rings. The van der Waals surface area contributed by atoms with Gasteiger partial charge in [-0.3, -0.25) is 14.2 Å². The molecule has 8 heteroatoms. The highest BCUT2D eigenvalue weighted by Gasteiger charge is 2.28. The van der Waals surface area contributed by atoms with Crippen molar-refractivity contribution in [2.75, 3.05) is 5.32 Å². The first-order valence-corrected chi connectivity index (χ1v) is 9.44. The number of nitrogens with zero attached hydrogens (tertiary/aromatic N) is 4. The van der Waals surface area contributed by atoms with Crippen molar-refractivity contribution >= 4 is 28.3 Å². The van der Waals surface area contributed by atoms with Gasteiger partial charge in [0.1, 0.15) is 17.9 Å². The molecule has 1 aliphatic rings. The number of pyridine rings is 1. The summed E-state index contributed by atoms with van der Waals surface area (Å²) in [5, 5.41) is 7.22. The molecule has 0 atom stereocenters. The summed E-state index contributed by atoms with van der Waals surface area (Å²) in [6.45, 7) is 1.44. The van der Waals surface area contributed by atoms with E-state index in [0.29, 0.717) is 33.8 Å². The van der Waals surface area contributed by atoms with Crippen LogP contribution in [-0.2, 0) is 11.3 Å². The first-order chi connectivity index (χ1) is 14.0. The van der Waals surface area contributed by atoms with Gasteiger partial charge in [-0.25, -0.2) is 13.9 Å². The van der Waals surface area contributed by atoms with E-state index in [1.807, 2.05) is 0 Å². The number of rotatable bonds is 4. The van der Waals surface area contributed by atoms with E-state index >= 15 is 0 Å². The van der Waals surface area contributed by atoms with Gasteiger partial charge in [-0.05, 0) is 55.7 Å². The van der Waals surface area contributed by atoms with E-state index < -0.39 is 11.7 Å². The quantitative estimate of drug-likeness (QED) is 0.580. The molecule has 0 radical (unpaired) electrons. The minimum atomic E-state index is -0.424. The minimum Gasteiger partial charge on any atom is -0.324 e. The maximum absolute atomic E-state index is 13.8. The highest BCUT2D eigenvalue weighted by Crippen LogP contribution is 2.39. The Morgan fingerprint density at radius 1 is 1.24 bits per heavy atom. The highest BCUT2D eigenvalue weighted by molar-refractivity contribution is 5.91. The average Bonchev–Trinajstić information content (AvgIpc) is 3.46. The molecule has 1 aromatic carbocycles. The van der Waals surface area contributed by atoms with Gasteiger partial charge in [0.15, 0.2) is 5.65 Å². The Labute approximate surface area is 164 Å². The molecule has 0 saturated heterocycles. The number of anilines is 1. The number of carbonyl (C=O) groups excluding carboxylic acids is 1. The predicted molar refractivity (Wildman–Crippen MR) is 106 cm³/mol. The van der Waals surface area contributed by atoms with Crippen molar-refractivity contribution in [1.29, 1.82) is 0 Å². The van der Waals surface area contributed by atoms with Crippen LogP contribution in [-0.4, -0.2) is 25.1 Å². The van der Waals surface area contributed by atoms with Crippen molar-refractivity contribution in [3.63, 3.8) is 0 Å². The first-order valence-electron chi connectivity index (χ1n) is 9.44. The van der Waals surface area contributed by atoms with Gasteiger partial charge in [0.25, 0.3) is 5.56 Å². The maximum Gasteiger partial charge on any atom is 0.277 e. The van der Waals surface area contributed by atoms with Gasteiger partial charge in [0, 0.05) is 17.8 Å². The molecule has 1 saturated carbocycles. The third-order valence-electron chi connectivity index (χ3n) is 5.20. The molecule has 1 amide bonds. The fraction of sp³-hybridized carbons (Fsp3) is 0.238. The highest BCUT2D eigenvalue weighted by atomic mass is 19.1. The predicted octanol–water partition coefficient (Wildman–Crippen LogP) is 3.01. The third-order valence-corrected chi connectivity index (χ3v) is 5.20. The lowest BCUT2D eigenvalue weighted by Crippen LogP contribution is -2.29. The van der Waals surface area contributed by atoms with Gasteiger partial charge in [0.2, 0.25) is 5.91 Å². The Balaban J connectivity index is 1.56. The average molecular weight is 391 g/mol. The monoisotopic (exact) mass is 391 g/mol. The summed E-state index contributed by atoms with van der Waals surface area (Å²) in [6.07, 6.45) is 3.77. The summed E-state index contributed by atoms with van der Waals surface area (Å²) < 4.78 is 16.7. The first kappa shape index (κ1) is 17.5. The van der Waals surface area contributed by atoms with Crippen molar-refractivity contribution in [1.82, 2.24) is 19.2 Å². The summed E-state index contributed by atoms with van der Waals surface area (Å²) in [7, 11) is 0. The van der Waals surface area contributed by atoms with Crippen LogP contribution in [0.25, 0.3) is 16.7 Å². The van der Waals surface area contributed by atoms with Crippen molar-refractivity contribution in [2.45, 2.75) is 32.2 Å². The number of aryl methyl sites for hydroxylation is 1. The van der Waals surface area contributed by atoms with Crippen molar-refractivity contribution in [3.05, 3.63) is 70.0 Å². The number of nitrogens with one attached hydrogen (secondary N) is 1. The maximum atomic E-state index is 13.8. The molecule has 5 rings (SSSR count).